The fourth-order valence-corrected chi connectivity index (χ4v) is 0.711. The summed E-state index contributed by atoms with van der Waals surface area (Å²) in [5.41, 5.74) is 5.26. The smallest absolute Gasteiger partial charge is 0.255 e. The van der Waals surface area contributed by atoms with Crippen LogP contribution in [0.3, 0.4) is 0 Å². The largest absolute Gasteiger partial charge is 0.475 e. The summed E-state index contributed by atoms with van der Waals surface area (Å²) in [6, 6.07) is 0. The Morgan fingerprint density at radius 1 is 1.62 bits per heavy atom. The third-order valence-electron chi connectivity index (χ3n) is 1.28. The summed E-state index contributed by atoms with van der Waals surface area (Å²) in [6.07, 6.45) is 0.998. The first-order valence-corrected chi connectivity index (χ1v) is 4.00. The molecule has 1 heterocycles. The van der Waals surface area contributed by atoms with Crippen LogP contribution in [0.5, 0.6) is 5.88 Å². The molecule has 0 amide bonds. The average molecular weight is 185 g/mol. The zero-order valence-corrected chi connectivity index (χ0v) is 7.62. The fraction of sp³-hybridized carbons (Fsp3) is 0.500. The Balaban J connectivity index is 2.70. The summed E-state index contributed by atoms with van der Waals surface area (Å²) < 4.78 is 18.0. The predicted molar refractivity (Wildman–Crippen MR) is 46.7 cm³/mol. The van der Waals surface area contributed by atoms with E-state index < -0.39 is 5.82 Å². The van der Waals surface area contributed by atoms with Gasteiger partial charge in [0.15, 0.2) is 0 Å². The summed E-state index contributed by atoms with van der Waals surface area (Å²) >= 11 is 0. The minimum atomic E-state index is -0.588. The van der Waals surface area contributed by atoms with Crippen molar-refractivity contribution in [3.8, 4) is 5.88 Å². The standard InChI is InChI=1S/C8H12FN3O/c1-5(2)4-13-7-6(9)3-11-8(10)12-7/h3,5H,4H2,1-2H3,(H2,10,11,12). The molecule has 5 heteroatoms. The minimum Gasteiger partial charge on any atom is -0.475 e. The second-order valence-corrected chi connectivity index (χ2v) is 3.09. The molecule has 0 aromatic carbocycles. The van der Waals surface area contributed by atoms with Crippen molar-refractivity contribution in [2.45, 2.75) is 13.8 Å². The number of nitrogen functional groups attached to an aromatic ring is 1. The number of hydrogen-bond donors (Lipinski definition) is 1. The number of hydrogen-bond acceptors (Lipinski definition) is 4. The molecule has 0 saturated carbocycles. The van der Waals surface area contributed by atoms with E-state index in [1.165, 1.54) is 0 Å². The minimum absolute atomic E-state index is 0.0140. The van der Waals surface area contributed by atoms with Gasteiger partial charge in [-0.2, -0.15) is 9.37 Å². The van der Waals surface area contributed by atoms with E-state index in [0.29, 0.717) is 12.5 Å². The fourth-order valence-electron chi connectivity index (χ4n) is 0.711. The highest BCUT2D eigenvalue weighted by Crippen LogP contribution is 2.13. The Hall–Kier alpha value is -1.39. The van der Waals surface area contributed by atoms with Gasteiger partial charge in [-0.15, -0.1) is 0 Å². The molecule has 0 aliphatic heterocycles. The van der Waals surface area contributed by atoms with E-state index in [9.17, 15) is 4.39 Å². The van der Waals surface area contributed by atoms with Gasteiger partial charge in [0.05, 0.1) is 12.8 Å². The first-order valence-electron chi connectivity index (χ1n) is 4.00. The number of halogens is 1. The average Bonchev–Trinajstić information content (AvgIpc) is 2.06. The number of ether oxygens (including phenoxy) is 1. The maximum Gasteiger partial charge on any atom is 0.255 e. The Kier molecular flexibility index (Phi) is 3.00. The highest BCUT2D eigenvalue weighted by Gasteiger charge is 2.06. The van der Waals surface area contributed by atoms with E-state index in [1.54, 1.807) is 0 Å². The maximum atomic E-state index is 12.9. The highest BCUT2D eigenvalue weighted by molar-refractivity contribution is 5.22. The first-order chi connectivity index (χ1) is 6.09. The van der Waals surface area contributed by atoms with Gasteiger partial charge in [-0.05, 0) is 5.92 Å². The Bertz CT molecular complexity index is 291. The number of aromatic nitrogens is 2. The molecule has 0 saturated heterocycles. The summed E-state index contributed by atoms with van der Waals surface area (Å²) in [6.45, 7) is 4.33. The number of nitrogens with two attached hydrogens (primary N) is 1. The van der Waals surface area contributed by atoms with Gasteiger partial charge in [0.25, 0.3) is 5.88 Å². The molecule has 0 aliphatic rings. The van der Waals surface area contributed by atoms with E-state index in [-0.39, 0.29) is 11.8 Å². The van der Waals surface area contributed by atoms with Crippen molar-refractivity contribution >= 4 is 5.95 Å². The van der Waals surface area contributed by atoms with E-state index in [1.807, 2.05) is 13.8 Å². The second-order valence-electron chi connectivity index (χ2n) is 3.09. The molecule has 1 aromatic heterocycles. The third kappa shape index (κ3) is 2.85. The topological polar surface area (TPSA) is 61.0 Å². The van der Waals surface area contributed by atoms with Gasteiger partial charge in [0.2, 0.25) is 11.8 Å². The summed E-state index contributed by atoms with van der Waals surface area (Å²) in [5, 5.41) is 0. The molecule has 0 aliphatic carbocycles. The lowest BCUT2D eigenvalue weighted by Gasteiger charge is -2.07. The monoisotopic (exact) mass is 185 g/mol. The van der Waals surface area contributed by atoms with E-state index in [2.05, 4.69) is 9.97 Å². The van der Waals surface area contributed by atoms with Crippen LogP contribution in [0, 0.1) is 11.7 Å². The first kappa shape index (κ1) is 9.70. The molecule has 72 valence electrons. The van der Waals surface area contributed by atoms with Crippen LogP contribution in [-0.2, 0) is 0 Å². The second kappa shape index (κ2) is 4.02. The van der Waals surface area contributed by atoms with E-state index in [4.69, 9.17) is 10.5 Å². The Morgan fingerprint density at radius 2 is 2.31 bits per heavy atom. The summed E-state index contributed by atoms with van der Waals surface area (Å²) in [7, 11) is 0. The van der Waals surface area contributed by atoms with Crippen molar-refractivity contribution in [2.24, 2.45) is 5.92 Å². The van der Waals surface area contributed by atoms with Crippen molar-refractivity contribution in [3.05, 3.63) is 12.0 Å². The number of rotatable bonds is 3. The van der Waals surface area contributed by atoms with Crippen molar-refractivity contribution < 1.29 is 9.13 Å². The van der Waals surface area contributed by atoms with Crippen LogP contribution in [0.1, 0.15) is 13.8 Å². The third-order valence-corrected chi connectivity index (χ3v) is 1.28. The molecule has 0 atom stereocenters. The molecular weight excluding hydrogens is 173 g/mol. The van der Waals surface area contributed by atoms with Crippen LogP contribution in [0.2, 0.25) is 0 Å². The van der Waals surface area contributed by atoms with Gasteiger partial charge >= 0.3 is 0 Å². The molecule has 13 heavy (non-hydrogen) atoms. The van der Waals surface area contributed by atoms with Gasteiger partial charge in [0, 0.05) is 0 Å². The molecule has 0 bridgehead atoms. The van der Waals surface area contributed by atoms with Gasteiger partial charge in [-0.3, -0.25) is 0 Å². The Labute approximate surface area is 75.9 Å². The lowest BCUT2D eigenvalue weighted by molar-refractivity contribution is 0.248. The van der Waals surface area contributed by atoms with Crippen molar-refractivity contribution in [1.29, 1.82) is 0 Å². The molecular formula is C8H12FN3O. The maximum absolute atomic E-state index is 12.9. The molecule has 0 fully saturated rings. The van der Waals surface area contributed by atoms with Crippen LogP contribution in [0.25, 0.3) is 0 Å². The molecule has 0 spiro atoms. The molecule has 1 rings (SSSR count). The van der Waals surface area contributed by atoms with Crippen molar-refractivity contribution in [1.82, 2.24) is 9.97 Å². The SMILES string of the molecule is CC(C)COc1nc(N)ncc1F. The van der Waals surface area contributed by atoms with Crippen molar-refractivity contribution in [3.63, 3.8) is 0 Å². The van der Waals surface area contributed by atoms with Crippen LogP contribution < -0.4 is 10.5 Å². The van der Waals surface area contributed by atoms with Crippen LogP contribution in [-0.4, -0.2) is 16.6 Å². The van der Waals surface area contributed by atoms with Crippen LogP contribution in [0.4, 0.5) is 10.3 Å². The van der Waals surface area contributed by atoms with Gasteiger partial charge < -0.3 is 10.5 Å². The predicted octanol–water partition coefficient (Wildman–Crippen LogP) is 1.23. The van der Waals surface area contributed by atoms with Gasteiger partial charge in [-0.25, -0.2) is 4.98 Å². The zero-order valence-electron chi connectivity index (χ0n) is 7.62. The van der Waals surface area contributed by atoms with Gasteiger partial charge in [-0.1, -0.05) is 13.8 Å². The van der Waals surface area contributed by atoms with Crippen LogP contribution in [0.15, 0.2) is 6.20 Å². The molecule has 0 unspecified atom stereocenters. The van der Waals surface area contributed by atoms with Crippen molar-refractivity contribution in [2.75, 3.05) is 12.3 Å². The molecule has 2 N–H and O–H groups in total. The lowest BCUT2D eigenvalue weighted by Crippen LogP contribution is -2.08. The molecule has 4 nitrogen and oxygen atoms in total. The lowest BCUT2D eigenvalue weighted by atomic mass is 10.2. The zero-order chi connectivity index (χ0) is 9.84. The normalized spacial score (nSPS) is 10.5. The summed E-state index contributed by atoms with van der Waals surface area (Å²) in [4.78, 5) is 7.09. The van der Waals surface area contributed by atoms with Gasteiger partial charge in [0.1, 0.15) is 0 Å². The number of nitrogens with zero attached hydrogens (tertiary/aromatic N) is 2. The van der Waals surface area contributed by atoms with E-state index in [0.717, 1.165) is 6.20 Å². The summed E-state index contributed by atoms with van der Waals surface area (Å²) in [5.74, 6) is -0.341. The Morgan fingerprint density at radius 3 is 2.92 bits per heavy atom. The molecule has 0 radical (unpaired) electrons. The molecule has 1 aromatic rings. The van der Waals surface area contributed by atoms with Crippen LogP contribution >= 0.6 is 0 Å². The quantitative estimate of drug-likeness (QED) is 0.769. The highest BCUT2D eigenvalue weighted by atomic mass is 19.1. The number of anilines is 1. The van der Waals surface area contributed by atoms with E-state index >= 15 is 0 Å².